The summed E-state index contributed by atoms with van der Waals surface area (Å²) >= 11 is 0. The van der Waals surface area contributed by atoms with Gasteiger partial charge in [0.05, 0.1) is 12.2 Å². The Hall–Kier alpha value is -2.20. The van der Waals surface area contributed by atoms with Crippen molar-refractivity contribution in [2.45, 2.75) is 45.4 Å². The summed E-state index contributed by atoms with van der Waals surface area (Å²) in [6, 6.07) is 16.3. The maximum absolute atomic E-state index is 5.86. The Morgan fingerprint density at radius 3 is 2.76 bits per heavy atom. The fourth-order valence-corrected chi connectivity index (χ4v) is 2.87. The molecule has 1 aliphatic heterocycles. The lowest BCUT2D eigenvalue weighted by atomic mass is 10.2. The predicted molar refractivity (Wildman–Crippen MR) is 100 cm³/mol. The highest BCUT2D eigenvalue weighted by Gasteiger charge is 2.15. The zero-order chi connectivity index (χ0) is 17.5. The highest BCUT2D eigenvalue weighted by molar-refractivity contribution is 5.48. The van der Waals surface area contributed by atoms with Crippen LogP contribution >= 0.6 is 0 Å². The first-order valence-corrected chi connectivity index (χ1v) is 9.03. The summed E-state index contributed by atoms with van der Waals surface area (Å²) in [7, 11) is 0. The first kappa shape index (κ1) is 17.6. The second-order valence-corrected chi connectivity index (χ2v) is 6.64. The van der Waals surface area contributed by atoms with Crippen molar-refractivity contribution in [2.24, 2.45) is 0 Å². The van der Waals surface area contributed by atoms with Crippen molar-refractivity contribution >= 4 is 5.69 Å². The zero-order valence-electron chi connectivity index (χ0n) is 15.0. The second-order valence-electron chi connectivity index (χ2n) is 6.64. The average Bonchev–Trinajstić information content (AvgIpc) is 3.12. The van der Waals surface area contributed by atoms with Crippen molar-refractivity contribution in [3.63, 3.8) is 0 Å². The molecule has 1 N–H and O–H groups in total. The molecular weight excluding hydrogens is 314 g/mol. The first-order valence-electron chi connectivity index (χ1n) is 9.03. The van der Waals surface area contributed by atoms with Gasteiger partial charge < -0.3 is 19.5 Å². The fraction of sp³-hybridized carbons (Fsp3) is 0.429. The molecule has 1 saturated heterocycles. The predicted octanol–water partition coefficient (Wildman–Crippen LogP) is 4.64. The van der Waals surface area contributed by atoms with Gasteiger partial charge in [-0.2, -0.15) is 0 Å². The molecule has 1 atom stereocenters. The van der Waals surface area contributed by atoms with Crippen LogP contribution in [0, 0.1) is 0 Å². The molecule has 0 amide bonds. The molecule has 0 spiro atoms. The van der Waals surface area contributed by atoms with Crippen LogP contribution in [0.3, 0.4) is 0 Å². The molecule has 1 unspecified atom stereocenters. The van der Waals surface area contributed by atoms with E-state index in [1.54, 1.807) is 0 Å². The Kier molecular flexibility index (Phi) is 6.18. The molecule has 4 heteroatoms. The lowest BCUT2D eigenvalue weighted by Crippen LogP contribution is -2.16. The number of nitrogens with one attached hydrogen (secondary N) is 1. The van der Waals surface area contributed by atoms with Gasteiger partial charge in [-0.15, -0.1) is 0 Å². The Morgan fingerprint density at radius 2 is 1.96 bits per heavy atom. The number of benzene rings is 2. The third-order valence-corrected chi connectivity index (χ3v) is 4.06. The van der Waals surface area contributed by atoms with Crippen LogP contribution in [0.1, 0.15) is 32.3 Å². The molecule has 1 heterocycles. The summed E-state index contributed by atoms with van der Waals surface area (Å²) in [4.78, 5) is 0. The molecule has 0 bridgehead atoms. The van der Waals surface area contributed by atoms with Crippen LogP contribution in [0.15, 0.2) is 48.5 Å². The van der Waals surface area contributed by atoms with E-state index in [0.29, 0.717) is 6.61 Å². The third kappa shape index (κ3) is 5.68. The van der Waals surface area contributed by atoms with Gasteiger partial charge in [-0.3, -0.25) is 0 Å². The highest BCUT2D eigenvalue weighted by Crippen LogP contribution is 2.21. The first-order chi connectivity index (χ1) is 12.2. The van der Waals surface area contributed by atoms with Gasteiger partial charge in [0.2, 0.25) is 0 Å². The topological polar surface area (TPSA) is 39.7 Å². The van der Waals surface area contributed by atoms with Crippen LogP contribution in [0.2, 0.25) is 0 Å². The van der Waals surface area contributed by atoms with Gasteiger partial charge in [0.25, 0.3) is 0 Å². The number of hydrogen-bond acceptors (Lipinski definition) is 4. The number of anilines is 1. The van der Waals surface area contributed by atoms with Gasteiger partial charge in [-0.1, -0.05) is 18.2 Å². The van der Waals surface area contributed by atoms with Crippen LogP contribution in [-0.2, 0) is 11.3 Å². The van der Waals surface area contributed by atoms with E-state index in [1.807, 2.05) is 50.2 Å². The van der Waals surface area contributed by atoms with Crippen LogP contribution in [-0.4, -0.2) is 25.4 Å². The smallest absolute Gasteiger partial charge is 0.121 e. The van der Waals surface area contributed by atoms with Gasteiger partial charge in [0, 0.05) is 24.9 Å². The minimum Gasteiger partial charge on any atom is -0.491 e. The molecule has 1 fully saturated rings. The lowest BCUT2D eigenvalue weighted by molar-refractivity contribution is 0.0680. The molecule has 1 aliphatic rings. The van der Waals surface area contributed by atoms with Crippen molar-refractivity contribution in [3.8, 4) is 11.5 Å². The van der Waals surface area contributed by atoms with Crippen LogP contribution < -0.4 is 14.8 Å². The Bertz CT molecular complexity index is 666. The molecule has 0 aromatic heterocycles. The Balaban J connectivity index is 1.53. The van der Waals surface area contributed by atoms with E-state index in [2.05, 4.69) is 17.4 Å². The molecular formula is C21H27NO3. The molecule has 2 aromatic rings. The number of hydrogen-bond donors (Lipinski definition) is 1. The quantitative estimate of drug-likeness (QED) is 0.759. The molecule has 0 aliphatic carbocycles. The highest BCUT2D eigenvalue weighted by atomic mass is 16.5. The van der Waals surface area contributed by atoms with E-state index in [-0.39, 0.29) is 12.2 Å². The summed E-state index contributed by atoms with van der Waals surface area (Å²) in [5, 5.41) is 3.44. The molecule has 134 valence electrons. The van der Waals surface area contributed by atoms with E-state index in [4.69, 9.17) is 14.2 Å². The molecule has 4 nitrogen and oxygen atoms in total. The number of ether oxygens (including phenoxy) is 3. The van der Waals surface area contributed by atoms with E-state index in [0.717, 1.165) is 43.2 Å². The molecule has 2 aromatic carbocycles. The van der Waals surface area contributed by atoms with E-state index in [1.165, 1.54) is 5.56 Å². The molecule has 0 radical (unpaired) electrons. The normalized spacial score (nSPS) is 16.8. The summed E-state index contributed by atoms with van der Waals surface area (Å²) in [5.41, 5.74) is 2.23. The maximum atomic E-state index is 5.86. The van der Waals surface area contributed by atoms with Crippen LogP contribution in [0.5, 0.6) is 11.5 Å². The van der Waals surface area contributed by atoms with Crippen molar-refractivity contribution in [1.29, 1.82) is 0 Å². The standard InChI is InChI=1S/C21H27NO3/c1-16(2)25-20-9-3-6-17(12-20)14-22-18-7-4-8-19(13-18)24-15-21-10-5-11-23-21/h3-4,6-9,12-13,16,21-22H,5,10-11,14-15H2,1-2H3. The third-order valence-electron chi connectivity index (χ3n) is 4.06. The molecule has 0 saturated carbocycles. The Morgan fingerprint density at radius 1 is 1.12 bits per heavy atom. The zero-order valence-corrected chi connectivity index (χ0v) is 15.0. The minimum absolute atomic E-state index is 0.181. The van der Waals surface area contributed by atoms with Crippen molar-refractivity contribution in [2.75, 3.05) is 18.5 Å². The van der Waals surface area contributed by atoms with Gasteiger partial charge in [0.1, 0.15) is 18.1 Å². The monoisotopic (exact) mass is 341 g/mol. The SMILES string of the molecule is CC(C)Oc1cccc(CNc2cccc(OCC3CCCO3)c2)c1. The van der Waals surface area contributed by atoms with Crippen molar-refractivity contribution < 1.29 is 14.2 Å². The fourth-order valence-electron chi connectivity index (χ4n) is 2.87. The van der Waals surface area contributed by atoms with E-state index < -0.39 is 0 Å². The van der Waals surface area contributed by atoms with Crippen molar-refractivity contribution in [1.82, 2.24) is 0 Å². The summed E-state index contributed by atoms with van der Waals surface area (Å²) in [6.45, 7) is 6.29. The van der Waals surface area contributed by atoms with Gasteiger partial charge >= 0.3 is 0 Å². The van der Waals surface area contributed by atoms with E-state index in [9.17, 15) is 0 Å². The molecule has 3 rings (SSSR count). The summed E-state index contributed by atoms with van der Waals surface area (Å²) < 4.78 is 17.2. The summed E-state index contributed by atoms with van der Waals surface area (Å²) in [5.74, 6) is 1.78. The maximum Gasteiger partial charge on any atom is 0.121 e. The van der Waals surface area contributed by atoms with Gasteiger partial charge in [0.15, 0.2) is 0 Å². The Labute approximate surface area is 150 Å². The molecule has 25 heavy (non-hydrogen) atoms. The summed E-state index contributed by atoms with van der Waals surface area (Å²) in [6.07, 6.45) is 2.64. The van der Waals surface area contributed by atoms with Crippen LogP contribution in [0.25, 0.3) is 0 Å². The average molecular weight is 341 g/mol. The minimum atomic E-state index is 0.181. The van der Waals surface area contributed by atoms with Crippen LogP contribution in [0.4, 0.5) is 5.69 Å². The second kappa shape index (κ2) is 8.77. The lowest BCUT2D eigenvalue weighted by Gasteiger charge is -2.14. The van der Waals surface area contributed by atoms with Gasteiger partial charge in [-0.05, 0) is 56.5 Å². The largest absolute Gasteiger partial charge is 0.491 e. The van der Waals surface area contributed by atoms with Gasteiger partial charge in [-0.25, -0.2) is 0 Å². The number of rotatable bonds is 8. The van der Waals surface area contributed by atoms with Crippen molar-refractivity contribution in [3.05, 3.63) is 54.1 Å². The van der Waals surface area contributed by atoms with E-state index >= 15 is 0 Å².